The fraction of sp³-hybridized carbons (Fsp3) is 0.250. The van der Waals surface area contributed by atoms with Gasteiger partial charge >= 0.3 is 5.97 Å². The lowest BCUT2D eigenvalue weighted by molar-refractivity contribution is -0.140. The maximum Gasteiger partial charge on any atom is 0.332 e. The van der Waals surface area contributed by atoms with E-state index in [2.05, 4.69) is 48.7 Å². The monoisotopic (exact) mass is 714 g/mol. The lowest BCUT2D eigenvalue weighted by Crippen LogP contribution is -2.17. The van der Waals surface area contributed by atoms with E-state index in [1.54, 1.807) is 0 Å². The van der Waals surface area contributed by atoms with Crippen molar-refractivity contribution in [3.05, 3.63) is 142 Å². The SMILES string of the molecule is CCCCC(CC)Cn1c2ccc(C(=O)C(=NOC(C)=O)c3cccc4ccccc34)cc2c2cc(C(=O)c3c(C)cc(C)cc3C)c3ccccc3c21. The van der Waals surface area contributed by atoms with Crippen LogP contribution in [0.1, 0.15) is 95.0 Å². The van der Waals surface area contributed by atoms with Crippen LogP contribution in [0, 0.1) is 26.7 Å². The van der Waals surface area contributed by atoms with E-state index in [9.17, 15) is 14.4 Å². The molecule has 6 aromatic carbocycles. The number of benzene rings is 6. The number of carbonyl (C=O) groups excluding carboxylic acids is 3. The van der Waals surface area contributed by atoms with Crippen LogP contribution >= 0.6 is 0 Å². The molecule has 1 heterocycles. The zero-order valence-corrected chi connectivity index (χ0v) is 32.0. The Hall–Kier alpha value is -5.88. The maximum atomic E-state index is 14.7. The summed E-state index contributed by atoms with van der Waals surface area (Å²) >= 11 is 0. The molecule has 54 heavy (non-hydrogen) atoms. The molecule has 0 aliphatic carbocycles. The van der Waals surface area contributed by atoms with E-state index in [-0.39, 0.29) is 17.3 Å². The fourth-order valence-electron chi connectivity index (χ4n) is 8.22. The van der Waals surface area contributed by atoms with Crippen molar-refractivity contribution in [3.63, 3.8) is 0 Å². The number of hydrogen-bond acceptors (Lipinski definition) is 5. The molecule has 0 saturated carbocycles. The predicted molar refractivity (Wildman–Crippen MR) is 221 cm³/mol. The number of fused-ring (bicyclic) bond motifs is 6. The van der Waals surface area contributed by atoms with E-state index in [1.807, 2.05) is 98.8 Å². The summed E-state index contributed by atoms with van der Waals surface area (Å²) < 4.78 is 2.40. The number of oxime groups is 1. The van der Waals surface area contributed by atoms with Crippen molar-refractivity contribution in [3.8, 4) is 0 Å². The highest BCUT2D eigenvalue weighted by Crippen LogP contribution is 2.39. The Labute approximate surface area is 316 Å². The van der Waals surface area contributed by atoms with Crippen LogP contribution in [-0.4, -0.2) is 27.8 Å². The lowest BCUT2D eigenvalue weighted by atomic mass is 9.89. The van der Waals surface area contributed by atoms with Crippen molar-refractivity contribution in [2.24, 2.45) is 11.1 Å². The quantitative estimate of drug-likeness (QED) is 0.0546. The van der Waals surface area contributed by atoms with Crippen LogP contribution < -0.4 is 0 Å². The molecule has 0 fully saturated rings. The third-order valence-corrected chi connectivity index (χ3v) is 10.8. The van der Waals surface area contributed by atoms with E-state index in [0.29, 0.717) is 22.6 Å². The van der Waals surface area contributed by atoms with Crippen molar-refractivity contribution in [2.45, 2.75) is 73.8 Å². The zero-order valence-electron chi connectivity index (χ0n) is 32.0. The number of rotatable bonds is 12. The molecular formula is C48H46N2O4. The Morgan fingerprint density at radius 2 is 1.41 bits per heavy atom. The van der Waals surface area contributed by atoms with Gasteiger partial charge in [-0.25, -0.2) is 4.79 Å². The van der Waals surface area contributed by atoms with Gasteiger partial charge in [-0.15, -0.1) is 0 Å². The minimum atomic E-state index is -0.615. The van der Waals surface area contributed by atoms with Crippen molar-refractivity contribution >= 4 is 66.6 Å². The lowest BCUT2D eigenvalue weighted by Gasteiger charge is -2.19. The topological polar surface area (TPSA) is 77.7 Å². The van der Waals surface area contributed by atoms with Crippen molar-refractivity contribution in [1.82, 2.24) is 4.57 Å². The first-order valence-electron chi connectivity index (χ1n) is 19.0. The number of hydrogen-bond donors (Lipinski definition) is 0. The second kappa shape index (κ2) is 15.2. The number of aryl methyl sites for hydroxylation is 3. The molecule has 0 radical (unpaired) electrons. The Morgan fingerprint density at radius 3 is 2.11 bits per heavy atom. The Morgan fingerprint density at radius 1 is 0.722 bits per heavy atom. The number of ketones is 2. The van der Waals surface area contributed by atoms with Gasteiger partial charge in [0.25, 0.3) is 0 Å². The highest BCUT2D eigenvalue weighted by molar-refractivity contribution is 6.53. The minimum absolute atomic E-state index is 0.0163. The van der Waals surface area contributed by atoms with Gasteiger partial charge in [-0.05, 0) is 84.7 Å². The number of aromatic nitrogens is 1. The first-order valence-corrected chi connectivity index (χ1v) is 19.0. The molecule has 1 atom stereocenters. The largest absolute Gasteiger partial charge is 0.340 e. The van der Waals surface area contributed by atoms with Crippen LogP contribution in [0.15, 0.2) is 108 Å². The summed E-state index contributed by atoms with van der Waals surface area (Å²) in [5.41, 5.74) is 7.45. The van der Waals surface area contributed by atoms with Gasteiger partial charge in [0.2, 0.25) is 5.78 Å². The average molecular weight is 715 g/mol. The third kappa shape index (κ3) is 6.73. The predicted octanol–water partition coefficient (Wildman–Crippen LogP) is 11.6. The molecule has 0 saturated heterocycles. The highest BCUT2D eigenvalue weighted by Gasteiger charge is 2.25. The van der Waals surface area contributed by atoms with Crippen molar-refractivity contribution in [2.75, 3.05) is 0 Å². The van der Waals surface area contributed by atoms with Gasteiger partial charge in [0, 0.05) is 57.4 Å². The standard InChI is InChI=1S/C48H46N2O4/c1-7-9-15-33(8-2)28-50-43-23-22-35(47(52)45(49-54-32(6)51)38-21-14-17-34-16-10-11-18-36(34)38)26-40(43)41-27-42(37-19-12-13-20-39(37)46(41)50)48(53)44-30(4)24-29(3)25-31(44)5/h10-14,16-27,33H,7-9,15,28H2,1-6H3. The van der Waals surface area contributed by atoms with E-state index in [1.165, 1.54) is 6.92 Å². The molecule has 6 heteroatoms. The van der Waals surface area contributed by atoms with Crippen LogP contribution in [0.3, 0.4) is 0 Å². The summed E-state index contributed by atoms with van der Waals surface area (Å²) in [6.07, 6.45) is 4.45. The number of unbranched alkanes of at least 4 members (excludes halogenated alkanes) is 1. The second-order valence-electron chi connectivity index (χ2n) is 14.6. The fourth-order valence-corrected chi connectivity index (χ4v) is 8.22. The molecule has 0 bridgehead atoms. The number of Topliss-reactive ketones (excluding diaryl/α,β-unsaturated/α-hetero) is 1. The molecule has 1 unspecified atom stereocenters. The van der Waals surface area contributed by atoms with Gasteiger partial charge in [-0.1, -0.05) is 123 Å². The van der Waals surface area contributed by atoms with Crippen LogP contribution in [0.5, 0.6) is 0 Å². The first kappa shape index (κ1) is 36.5. The number of carbonyl (C=O) groups is 3. The van der Waals surface area contributed by atoms with Gasteiger partial charge in [0.15, 0.2) is 11.5 Å². The van der Waals surface area contributed by atoms with Crippen LogP contribution in [-0.2, 0) is 16.2 Å². The summed E-state index contributed by atoms with van der Waals surface area (Å²) in [5, 5.41) is 9.61. The molecule has 0 spiro atoms. The van der Waals surface area contributed by atoms with E-state index < -0.39 is 5.97 Å². The van der Waals surface area contributed by atoms with Crippen LogP contribution in [0.4, 0.5) is 0 Å². The van der Waals surface area contributed by atoms with Crippen LogP contribution in [0.2, 0.25) is 0 Å². The molecule has 0 aliphatic heterocycles. The van der Waals surface area contributed by atoms with Gasteiger partial charge in [-0.2, -0.15) is 0 Å². The molecule has 0 amide bonds. The Bertz CT molecular complexity index is 2620. The van der Waals surface area contributed by atoms with Crippen molar-refractivity contribution < 1.29 is 19.2 Å². The summed E-state index contributed by atoms with van der Waals surface area (Å²) in [6.45, 7) is 12.6. The van der Waals surface area contributed by atoms with Gasteiger partial charge in [0.05, 0.1) is 5.52 Å². The maximum absolute atomic E-state index is 14.7. The minimum Gasteiger partial charge on any atom is -0.340 e. The van der Waals surface area contributed by atoms with Gasteiger partial charge < -0.3 is 9.40 Å². The first-order chi connectivity index (χ1) is 26.1. The summed E-state index contributed by atoms with van der Waals surface area (Å²) in [6, 6.07) is 33.6. The molecule has 7 aromatic rings. The Kier molecular flexibility index (Phi) is 10.3. The molecule has 6 nitrogen and oxygen atoms in total. The van der Waals surface area contributed by atoms with E-state index >= 15 is 0 Å². The Balaban J connectivity index is 1.49. The summed E-state index contributed by atoms with van der Waals surface area (Å²) in [5.74, 6) is -0.544. The average Bonchev–Trinajstić information content (AvgIpc) is 3.47. The molecule has 272 valence electrons. The number of nitrogens with zero attached hydrogens (tertiary/aromatic N) is 2. The van der Waals surface area contributed by atoms with E-state index in [0.717, 1.165) is 97.8 Å². The molecule has 7 rings (SSSR count). The van der Waals surface area contributed by atoms with Gasteiger partial charge in [0.1, 0.15) is 0 Å². The van der Waals surface area contributed by atoms with Crippen molar-refractivity contribution in [1.29, 1.82) is 0 Å². The summed E-state index contributed by atoms with van der Waals surface area (Å²) in [7, 11) is 0. The molecule has 0 N–H and O–H groups in total. The molecule has 1 aromatic heterocycles. The smallest absolute Gasteiger partial charge is 0.332 e. The van der Waals surface area contributed by atoms with Gasteiger partial charge in [-0.3, -0.25) is 9.59 Å². The molecule has 0 aliphatic rings. The second-order valence-corrected chi connectivity index (χ2v) is 14.6. The van der Waals surface area contributed by atoms with E-state index in [4.69, 9.17) is 4.84 Å². The summed E-state index contributed by atoms with van der Waals surface area (Å²) in [4.78, 5) is 46.4. The highest BCUT2D eigenvalue weighted by atomic mass is 16.7. The molecular weight excluding hydrogens is 669 g/mol. The zero-order chi connectivity index (χ0) is 38.1. The van der Waals surface area contributed by atoms with Crippen LogP contribution in [0.25, 0.3) is 43.4 Å². The third-order valence-electron chi connectivity index (χ3n) is 10.8. The normalized spacial score (nSPS) is 12.5.